The molecule has 2 aliphatic heterocycles. The SMILES string of the molecule is C=C(CC)[C@H]1N(CC(N)=O)C(=O)C[C@@H](c2cccc(Cl)c2)[C@]12C(=O)Nc1cc(Br)ccc12.COC(C)[Si](C)(C)C. The van der Waals surface area contributed by atoms with Gasteiger partial charge in [-0.05, 0) is 48.7 Å². The molecule has 7 nitrogen and oxygen atoms in total. The predicted molar refractivity (Wildman–Crippen MR) is 167 cm³/mol. The molecule has 4 atom stereocenters. The van der Waals surface area contributed by atoms with Gasteiger partial charge in [0.25, 0.3) is 0 Å². The van der Waals surface area contributed by atoms with Crippen LogP contribution < -0.4 is 11.1 Å². The summed E-state index contributed by atoms with van der Waals surface area (Å²) in [6.45, 7) is 14.9. The maximum atomic E-state index is 13.9. The van der Waals surface area contributed by atoms with Gasteiger partial charge in [0.2, 0.25) is 17.7 Å². The molecular formula is C30H39BrClN3O4Si. The first-order chi connectivity index (χ1) is 18.7. The van der Waals surface area contributed by atoms with E-state index in [1.807, 2.05) is 37.3 Å². The molecule has 0 bridgehead atoms. The van der Waals surface area contributed by atoms with Crippen LogP contribution in [0.4, 0.5) is 5.69 Å². The third-order valence-corrected chi connectivity index (χ3v) is 11.4. The smallest absolute Gasteiger partial charge is 0.238 e. The Bertz CT molecular complexity index is 1310. The van der Waals surface area contributed by atoms with Crippen LogP contribution in [0.5, 0.6) is 0 Å². The summed E-state index contributed by atoms with van der Waals surface area (Å²) in [5, 5.41) is 3.53. The van der Waals surface area contributed by atoms with Crippen LogP contribution >= 0.6 is 27.5 Å². The Kier molecular flexibility index (Phi) is 10.1. The molecule has 0 aliphatic carbocycles. The lowest BCUT2D eigenvalue weighted by Crippen LogP contribution is -2.64. The van der Waals surface area contributed by atoms with Crippen LogP contribution in [-0.4, -0.2) is 56.1 Å². The number of carbonyl (C=O) groups is 3. The van der Waals surface area contributed by atoms with Gasteiger partial charge in [0, 0.05) is 40.4 Å². The number of ether oxygens (including phenoxy) is 1. The number of rotatable bonds is 7. The molecule has 4 rings (SSSR count). The standard InChI is InChI=1S/C24H23BrClN3O3.C6H16OSi/c1-3-13(2)22-24(17-8-7-15(25)10-19(17)28-23(24)32)18(14-5-4-6-16(26)9-14)11-21(31)29(22)12-20(27)30;1-6(7-2)8(3,4)5/h4-10,18,22H,2-3,11-12H2,1H3,(H2,27,30)(H,28,32);6H,1-5H3/t18-,22+,24-;/m0./s1. The third-order valence-electron chi connectivity index (χ3n) is 8.03. The number of nitrogens with two attached hydrogens (primary N) is 1. The van der Waals surface area contributed by atoms with E-state index in [0.29, 0.717) is 28.4 Å². The summed E-state index contributed by atoms with van der Waals surface area (Å²) in [5.74, 6) is -1.64. The summed E-state index contributed by atoms with van der Waals surface area (Å²) in [6.07, 6.45) is 0.556. The number of carbonyl (C=O) groups excluding carboxylic acids is 3. The third kappa shape index (κ3) is 6.22. The summed E-state index contributed by atoms with van der Waals surface area (Å²) >= 11 is 9.76. The fraction of sp³-hybridized carbons (Fsp3) is 0.433. The average molecular weight is 649 g/mol. The molecule has 1 unspecified atom stereocenters. The second kappa shape index (κ2) is 12.6. The monoisotopic (exact) mass is 647 g/mol. The van der Waals surface area contributed by atoms with E-state index in [2.05, 4.69) is 54.4 Å². The summed E-state index contributed by atoms with van der Waals surface area (Å²) in [4.78, 5) is 40.6. The van der Waals surface area contributed by atoms with Crippen LogP contribution in [0.2, 0.25) is 24.7 Å². The molecule has 0 saturated carbocycles. The summed E-state index contributed by atoms with van der Waals surface area (Å²) in [6, 6.07) is 12.1. The van der Waals surface area contributed by atoms with Gasteiger partial charge in [0.05, 0.1) is 20.7 Å². The minimum Gasteiger partial charge on any atom is -0.385 e. The Morgan fingerprint density at radius 2 is 1.95 bits per heavy atom. The lowest BCUT2D eigenvalue weighted by Gasteiger charge is -2.51. The van der Waals surface area contributed by atoms with Gasteiger partial charge >= 0.3 is 0 Å². The van der Waals surface area contributed by atoms with Gasteiger partial charge in [-0.25, -0.2) is 0 Å². The van der Waals surface area contributed by atoms with E-state index < -0.39 is 31.4 Å². The molecule has 2 aliphatic rings. The van der Waals surface area contributed by atoms with Crippen LogP contribution in [0.25, 0.3) is 0 Å². The Balaban J connectivity index is 0.000000482. The fourth-order valence-electron chi connectivity index (χ4n) is 5.52. The first kappa shape index (κ1) is 32.1. The molecule has 10 heteroatoms. The van der Waals surface area contributed by atoms with Crippen molar-refractivity contribution in [2.75, 3.05) is 19.0 Å². The highest BCUT2D eigenvalue weighted by Crippen LogP contribution is 2.56. The Labute approximate surface area is 251 Å². The summed E-state index contributed by atoms with van der Waals surface area (Å²) in [5.41, 5.74) is 7.70. The van der Waals surface area contributed by atoms with Crippen LogP contribution in [0.3, 0.4) is 0 Å². The van der Waals surface area contributed by atoms with E-state index in [-0.39, 0.29) is 24.8 Å². The maximum Gasteiger partial charge on any atom is 0.238 e. The number of anilines is 1. The van der Waals surface area contributed by atoms with Crippen molar-refractivity contribution >= 4 is 59.0 Å². The molecule has 0 radical (unpaired) electrons. The molecular weight excluding hydrogens is 610 g/mol. The fourth-order valence-corrected chi connectivity index (χ4v) is 6.79. The zero-order valence-corrected chi connectivity index (χ0v) is 27.4. The molecule has 2 aromatic carbocycles. The van der Waals surface area contributed by atoms with E-state index >= 15 is 0 Å². The first-order valence-corrected chi connectivity index (χ1v) is 18.1. The number of hydrogen-bond donors (Lipinski definition) is 2. The number of benzene rings is 2. The number of nitrogens with zero attached hydrogens (tertiary/aromatic N) is 1. The molecule has 1 fully saturated rings. The molecule has 3 N–H and O–H groups in total. The van der Waals surface area contributed by atoms with E-state index in [9.17, 15) is 14.4 Å². The zero-order valence-electron chi connectivity index (χ0n) is 24.0. The van der Waals surface area contributed by atoms with Gasteiger partial charge in [-0.1, -0.05) is 84.4 Å². The van der Waals surface area contributed by atoms with Gasteiger partial charge in [-0.3, -0.25) is 14.4 Å². The lowest BCUT2D eigenvalue weighted by atomic mass is 9.58. The predicted octanol–water partition coefficient (Wildman–Crippen LogP) is 6.03. The normalized spacial score (nSPS) is 22.8. The molecule has 3 amide bonds. The highest BCUT2D eigenvalue weighted by atomic mass is 79.9. The highest BCUT2D eigenvalue weighted by molar-refractivity contribution is 9.10. The van der Waals surface area contributed by atoms with Crippen molar-refractivity contribution in [2.24, 2.45) is 5.73 Å². The number of nitrogens with one attached hydrogen (secondary N) is 1. The van der Waals surface area contributed by atoms with E-state index in [1.165, 1.54) is 4.90 Å². The number of methoxy groups -OCH3 is 1. The minimum atomic E-state index is -1.18. The Morgan fingerprint density at radius 1 is 1.27 bits per heavy atom. The van der Waals surface area contributed by atoms with Gasteiger partial charge in [-0.2, -0.15) is 0 Å². The van der Waals surface area contributed by atoms with Crippen molar-refractivity contribution in [1.82, 2.24) is 4.90 Å². The van der Waals surface area contributed by atoms with Crippen LogP contribution in [0.15, 0.2) is 59.1 Å². The quantitative estimate of drug-likeness (QED) is 0.283. The number of amides is 3. The summed E-state index contributed by atoms with van der Waals surface area (Å²) < 4.78 is 6.00. The van der Waals surface area contributed by atoms with Crippen molar-refractivity contribution in [2.45, 2.75) is 69.4 Å². The molecule has 2 heterocycles. The largest absolute Gasteiger partial charge is 0.385 e. The number of piperidine rings is 1. The minimum absolute atomic E-state index is 0.0318. The number of primary amides is 1. The van der Waals surface area contributed by atoms with Gasteiger partial charge in [-0.15, -0.1) is 0 Å². The maximum absolute atomic E-state index is 13.9. The van der Waals surface area contributed by atoms with Crippen LogP contribution in [0, 0.1) is 0 Å². The van der Waals surface area contributed by atoms with Gasteiger partial charge < -0.3 is 20.7 Å². The Hall–Kier alpha value is -2.46. The van der Waals surface area contributed by atoms with Crippen molar-refractivity contribution in [3.05, 3.63) is 75.2 Å². The van der Waals surface area contributed by atoms with E-state index in [1.54, 1.807) is 19.2 Å². The molecule has 1 saturated heterocycles. The van der Waals surface area contributed by atoms with Crippen LogP contribution in [-0.2, 0) is 24.5 Å². The van der Waals surface area contributed by atoms with E-state index in [4.69, 9.17) is 22.1 Å². The molecule has 0 aromatic heterocycles. The topological polar surface area (TPSA) is 102 Å². The molecule has 40 heavy (non-hydrogen) atoms. The van der Waals surface area contributed by atoms with Gasteiger partial charge in [0.15, 0.2) is 0 Å². The highest BCUT2D eigenvalue weighted by Gasteiger charge is 2.63. The van der Waals surface area contributed by atoms with Crippen molar-refractivity contribution in [3.8, 4) is 0 Å². The summed E-state index contributed by atoms with van der Waals surface area (Å²) in [7, 11) is 0.798. The van der Waals surface area contributed by atoms with Crippen LogP contribution in [0.1, 0.15) is 43.7 Å². The molecule has 2 aromatic rings. The Morgan fingerprint density at radius 3 is 2.48 bits per heavy atom. The molecule has 216 valence electrons. The number of likely N-dealkylation sites (tertiary alicyclic amines) is 1. The average Bonchev–Trinajstić information content (AvgIpc) is 3.15. The first-order valence-electron chi connectivity index (χ1n) is 13.3. The zero-order chi connectivity index (χ0) is 30.0. The lowest BCUT2D eigenvalue weighted by molar-refractivity contribution is -0.146. The van der Waals surface area contributed by atoms with E-state index in [0.717, 1.165) is 15.6 Å². The molecule has 1 spiro atoms. The van der Waals surface area contributed by atoms with Crippen molar-refractivity contribution in [1.29, 1.82) is 0 Å². The van der Waals surface area contributed by atoms with Crippen molar-refractivity contribution < 1.29 is 19.1 Å². The number of fused-ring (bicyclic) bond motifs is 2. The second-order valence-corrected chi connectivity index (χ2v) is 18.4. The number of halogens is 2. The van der Waals surface area contributed by atoms with Gasteiger partial charge in [0.1, 0.15) is 5.41 Å². The second-order valence-electron chi connectivity index (χ2n) is 11.5. The number of hydrogen-bond acceptors (Lipinski definition) is 4. The van der Waals surface area contributed by atoms with Crippen molar-refractivity contribution in [3.63, 3.8) is 0 Å².